The van der Waals surface area contributed by atoms with Crippen LogP contribution in [0.3, 0.4) is 0 Å². The minimum atomic E-state index is 1.23. The van der Waals surface area contributed by atoms with Crippen LogP contribution in [-0.2, 0) is 0 Å². The van der Waals surface area contributed by atoms with Crippen molar-refractivity contribution in [2.24, 2.45) is 0 Å². The van der Waals surface area contributed by atoms with Crippen LogP contribution in [0.5, 0.6) is 0 Å². The number of benzene rings is 10. The van der Waals surface area contributed by atoms with Crippen molar-refractivity contribution in [1.82, 2.24) is 0 Å². The van der Waals surface area contributed by atoms with Crippen molar-refractivity contribution in [3.63, 3.8) is 0 Å². The summed E-state index contributed by atoms with van der Waals surface area (Å²) >= 11 is 0. The molecule has 0 aromatic heterocycles. The Kier molecular flexibility index (Phi) is 5.59. The Morgan fingerprint density at radius 2 is 0.788 bits per heavy atom. The minimum Gasteiger partial charge on any atom is -0.0622 e. The largest absolute Gasteiger partial charge is 0.0622 e. The van der Waals surface area contributed by atoms with Crippen molar-refractivity contribution < 1.29 is 0 Å². The third-order valence-corrected chi connectivity index (χ3v) is 11.7. The first-order chi connectivity index (χ1) is 25.8. The molecule has 0 unspecified atom stereocenters. The van der Waals surface area contributed by atoms with E-state index < -0.39 is 0 Å². The van der Waals surface area contributed by atoms with Gasteiger partial charge in [0.2, 0.25) is 0 Å². The summed E-state index contributed by atoms with van der Waals surface area (Å²) < 4.78 is 0. The zero-order valence-corrected chi connectivity index (χ0v) is 28.3. The molecule has 0 saturated heterocycles. The highest BCUT2D eigenvalue weighted by atomic mass is 14.3. The van der Waals surface area contributed by atoms with Gasteiger partial charge in [-0.2, -0.15) is 0 Å². The Hall–Kier alpha value is -6.76. The molecule has 2 aliphatic rings. The van der Waals surface area contributed by atoms with Crippen LogP contribution >= 0.6 is 0 Å². The van der Waals surface area contributed by atoms with Gasteiger partial charge in [0.15, 0.2) is 0 Å². The summed E-state index contributed by atoms with van der Waals surface area (Å²) in [7, 11) is 0. The molecule has 0 atom stereocenters. The third kappa shape index (κ3) is 3.71. The fourth-order valence-corrected chi connectivity index (χ4v) is 9.56. The lowest BCUT2D eigenvalue weighted by molar-refractivity contribution is 1.61. The maximum absolute atomic E-state index is 2.47. The quantitative estimate of drug-likeness (QED) is 0.166. The van der Waals surface area contributed by atoms with Crippen LogP contribution in [0.25, 0.3) is 121 Å². The lowest BCUT2D eigenvalue weighted by Gasteiger charge is -2.21. The fraction of sp³-hybridized carbons (Fsp3) is 0. The predicted molar refractivity (Wildman–Crippen MR) is 222 cm³/mol. The van der Waals surface area contributed by atoms with E-state index in [0.29, 0.717) is 0 Å². The van der Waals surface area contributed by atoms with Crippen LogP contribution < -0.4 is 0 Å². The van der Waals surface area contributed by atoms with Crippen LogP contribution in [0.15, 0.2) is 182 Å². The van der Waals surface area contributed by atoms with Crippen molar-refractivity contribution in [2.45, 2.75) is 0 Å². The fourth-order valence-electron chi connectivity index (χ4n) is 9.56. The molecule has 0 N–H and O–H groups in total. The first-order valence-corrected chi connectivity index (χ1v) is 18.2. The lowest BCUT2D eigenvalue weighted by atomic mass is 9.81. The maximum atomic E-state index is 2.47. The molecule has 0 heterocycles. The zero-order chi connectivity index (χ0) is 33.9. The Morgan fingerprint density at radius 3 is 1.58 bits per heavy atom. The van der Waals surface area contributed by atoms with Gasteiger partial charge in [0.05, 0.1) is 0 Å². The van der Waals surface area contributed by atoms with E-state index in [1.165, 1.54) is 121 Å². The predicted octanol–water partition coefficient (Wildman–Crippen LogP) is 14.6. The van der Waals surface area contributed by atoms with E-state index in [9.17, 15) is 0 Å². The molecular weight excluding hydrogens is 625 g/mol. The number of hydrogen-bond acceptors (Lipinski definition) is 0. The molecule has 0 nitrogen and oxygen atoms in total. The molecule has 10 aromatic carbocycles. The van der Waals surface area contributed by atoms with E-state index in [2.05, 4.69) is 182 Å². The molecule has 0 radical (unpaired) electrons. The van der Waals surface area contributed by atoms with E-state index >= 15 is 0 Å². The SMILES string of the molecule is c1ccc(-c2c3c(c(-c4ccccc4)c4cc(-c5ccc6c(c5)-c5cccc7cccc-6c57)ccc24)-c2cccc4c2c-3cc2ccccc24)cc1. The highest BCUT2D eigenvalue weighted by Crippen LogP contribution is 2.59. The Bertz CT molecular complexity index is 3140. The molecule has 0 saturated carbocycles. The number of fused-ring (bicyclic) bond motifs is 9. The minimum absolute atomic E-state index is 1.23. The summed E-state index contributed by atoms with van der Waals surface area (Å²) in [5.41, 5.74) is 18.2. The molecule has 52 heavy (non-hydrogen) atoms. The van der Waals surface area contributed by atoms with Gasteiger partial charge in [0.25, 0.3) is 0 Å². The van der Waals surface area contributed by atoms with Crippen molar-refractivity contribution in [2.75, 3.05) is 0 Å². The van der Waals surface area contributed by atoms with Gasteiger partial charge in [-0.3, -0.25) is 0 Å². The van der Waals surface area contributed by atoms with Crippen LogP contribution in [0.4, 0.5) is 0 Å². The molecule has 0 spiro atoms. The summed E-state index contributed by atoms with van der Waals surface area (Å²) in [4.78, 5) is 0. The van der Waals surface area contributed by atoms with Gasteiger partial charge in [-0.05, 0) is 139 Å². The monoisotopic (exact) mass is 654 g/mol. The van der Waals surface area contributed by atoms with Crippen LogP contribution in [-0.4, -0.2) is 0 Å². The van der Waals surface area contributed by atoms with Crippen LogP contribution in [0, 0.1) is 0 Å². The average Bonchev–Trinajstić information content (AvgIpc) is 3.71. The molecular formula is C52H30. The Balaban J connectivity index is 1.20. The van der Waals surface area contributed by atoms with Gasteiger partial charge < -0.3 is 0 Å². The highest BCUT2D eigenvalue weighted by molar-refractivity contribution is 6.31. The van der Waals surface area contributed by atoms with E-state index in [4.69, 9.17) is 0 Å². The molecule has 0 aliphatic heterocycles. The Labute approximate surface area is 301 Å². The normalized spacial score (nSPS) is 12.2. The smallest absolute Gasteiger partial charge is 0.000719 e. The van der Waals surface area contributed by atoms with Gasteiger partial charge in [0, 0.05) is 0 Å². The molecule has 0 amide bonds. The zero-order valence-electron chi connectivity index (χ0n) is 28.3. The Morgan fingerprint density at radius 1 is 0.212 bits per heavy atom. The number of hydrogen-bond donors (Lipinski definition) is 0. The summed E-state index contributed by atoms with van der Waals surface area (Å²) in [6.07, 6.45) is 0. The standard InChI is InChI=1S/C52H30/c1-3-12-32(13-4-1)48-42-27-25-35(34-24-26-38-40-20-9-17-31-18-10-21-41(47(31)40)44(38)28-34)29-45(42)49(33-14-5-2-6-15-33)51-43-23-11-22-39-37-19-8-7-16-36(37)30-46(50(39)43)52(48)51/h1-30H. The van der Waals surface area contributed by atoms with Crippen molar-refractivity contribution in [3.05, 3.63) is 182 Å². The van der Waals surface area contributed by atoms with Crippen molar-refractivity contribution in [1.29, 1.82) is 0 Å². The number of rotatable bonds is 3. The van der Waals surface area contributed by atoms with Gasteiger partial charge >= 0.3 is 0 Å². The van der Waals surface area contributed by atoms with Crippen molar-refractivity contribution >= 4 is 43.1 Å². The molecule has 10 aromatic rings. The second-order valence-electron chi connectivity index (χ2n) is 14.3. The summed E-state index contributed by atoms with van der Waals surface area (Å²) in [5, 5.41) is 10.5. The molecule has 238 valence electrons. The second-order valence-corrected chi connectivity index (χ2v) is 14.3. The second kappa shape index (κ2) is 10.4. The molecule has 12 rings (SSSR count). The molecule has 0 heteroatoms. The highest BCUT2D eigenvalue weighted by Gasteiger charge is 2.31. The molecule has 2 aliphatic carbocycles. The topological polar surface area (TPSA) is 0 Å². The van der Waals surface area contributed by atoms with Gasteiger partial charge in [0.1, 0.15) is 0 Å². The van der Waals surface area contributed by atoms with Gasteiger partial charge in [-0.1, -0.05) is 164 Å². The first-order valence-electron chi connectivity index (χ1n) is 18.2. The van der Waals surface area contributed by atoms with E-state index in [-0.39, 0.29) is 0 Å². The summed E-state index contributed by atoms with van der Waals surface area (Å²) in [6.45, 7) is 0. The van der Waals surface area contributed by atoms with Gasteiger partial charge in [-0.25, -0.2) is 0 Å². The van der Waals surface area contributed by atoms with Crippen LogP contribution in [0.1, 0.15) is 0 Å². The average molecular weight is 655 g/mol. The van der Waals surface area contributed by atoms with E-state index in [0.717, 1.165) is 0 Å². The summed E-state index contributed by atoms with van der Waals surface area (Å²) in [6, 6.07) is 68.0. The third-order valence-electron chi connectivity index (χ3n) is 11.7. The van der Waals surface area contributed by atoms with Crippen molar-refractivity contribution in [3.8, 4) is 77.9 Å². The van der Waals surface area contributed by atoms with Gasteiger partial charge in [-0.15, -0.1) is 0 Å². The molecule has 0 bridgehead atoms. The maximum Gasteiger partial charge on any atom is -0.000719 e. The lowest BCUT2D eigenvalue weighted by Crippen LogP contribution is -1.94. The molecule has 0 fully saturated rings. The first kappa shape index (κ1) is 28.0. The van der Waals surface area contributed by atoms with Crippen LogP contribution in [0.2, 0.25) is 0 Å². The van der Waals surface area contributed by atoms with E-state index in [1.807, 2.05) is 0 Å². The van der Waals surface area contributed by atoms with E-state index in [1.54, 1.807) is 0 Å². The summed E-state index contributed by atoms with van der Waals surface area (Å²) in [5.74, 6) is 0.